The number of aromatic nitrogens is 1. The first-order valence-corrected chi connectivity index (χ1v) is 7.73. The molecule has 2 aromatic rings. The van der Waals surface area contributed by atoms with Crippen molar-refractivity contribution < 1.29 is 14.2 Å². The van der Waals surface area contributed by atoms with E-state index < -0.39 is 4.92 Å². The Bertz CT molecular complexity index is 748. The average Bonchev–Trinajstić information content (AvgIpc) is 2.80. The summed E-state index contributed by atoms with van der Waals surface area (Å²) >= 11 is 0. The van der Waals surface area contributed by atoms with Gasteiger partial charge in [-0.25, -0.2) is 0 Å². The fourth-order valence-electron chi connectivity index (χ4n) is 2.71. The molecule has 0 saturated heterocycles. The van der Waals surface area contributed by atoms with Crippen molar-refractivity contribution in [3.63, 3.8) is 0 Å². The minimum atomic E-state index is -0.434. The fraction of sp³-hybridized carbons (Fsp3) is 0.412. The zero-order valence-electron chi connectivity index (χ0n) is 14.3. The van der Waals surface area contributed by atoms with Crippen molar-refractivity contribution in [3.05, 3.63) is 56.5 Å². The Labute approximate surface area is 140 Å². The third-order valence-corrected chi connectivity index (χ3v) is 4.06. The third kappa shape index (κ3) is 3.98. The van der Waals surface area contributed by atoms with Crippen LogP contribution in [0.5, 0.6) is 0 Å². The monoisotopic (exact) mass is 331 g/mol. The van der Waals surface area contributed by atoms with Gasteiger partial charge in [0.15, 0.2) is 0 Å². The second-order valence-electron chi connectivity index (χ2n) is 5.97. The van der Waals surface area contributed by atoms with Crippen molar-refractivity contribution in [2.24, 2.45) is 0 Å². The number of carbonyl (C=O) groups excluding carboxylic acids is 1. The summed E-state index contributed by atoms with van der Waals surface area (Å²) in [5.74, 6) is 0.584. The van der Waals surface area contributed by atoms with Crippen molar-refractivity contribution in [1.29, 1.82) is 0 Å². The van der Waals surface area contributed by atoms with E-state index in [0.29, 0.717) is 17.5 Å². The summed E-state index contributed by atoms with van der Waals surface area (Å²) in [4.78, 5) is 22.8. The van der Waals surface area contributed by atoms with Crippen LogP contribution in [0.15, 0.2) is 22.7 Å². The van der Waals surface area contributed by atoms with Gasteiger partial charge >= 0.3 is 0 Å². The van der Waals surface area contributed by atoms with Crippen LogP contribution in [0.3, 0.4) is 0 Å². The molecule has 1 atom stereocenters. The Balaban J connectivity index is 2.01. The van der Waals surface area contributed by atoms with Gasteiger partial charge in [-0.1, -0.05) is 17.3 Å². The van der Waals surface area contributed by atoms with Gasteiger partial charge in [0, 0.05) is 23.2 Å². The summed E-state index contributed by atoms with van der Waals surface area (Å²) in [6.45, 7) is 7.28. The minimum absolute atomic E-state index is 0.0315. The predicted octanol–water partition coefficient (Wildman–Crippen LogP) is 2.80. The summed E-state index contributed by atoms with van der Waals surface area (Å²) in [7, 11) is 0. The zero-order valence-corrected chi connectivity index (χ0v) is 14.3. The van der Waals surface area contributed by atoms with Gasteiger partial charge in [-0.2, -0.15) is 0 Å². The molecule has 0 spiro atoms. The van der Waals surface area contributed by atoms with E-state index in [2.05, 4.69) is 10.5 Å². The van der Waals surface area contributed by atoms with Crippen LogP contribution < -0.4 is 5.32 Å². The number of aryl methyl sites for hydroxylation is 2. The predicted molar refractivity (Wildman–Crippen MR) is 88.8 cm³/mol. The number of hydrogen-bond donors (Lipinski definition) is 1. The largest absolute Gasteiger partial charge is 0.361 e. The molecule has 0 unspecified atom stereocenters. The highest BCUT2D eigenvalue weighted by Crippen LogP contribution is 2.21. The Kier molecular flexibility index (Phi) is 5.33. The maximum absolute atomic E-state index is 12.2. The average molecular weight is 331 g/mol. The molecule has 24 heavy (non-hydrogen) atoms. The van der Waals surface area contributed by atoms with Gasteiger partial charge < -0.3 is 9.84 Å². The molecular formula is C17H21N3O4. The van der Waals surface area contributed by atoms with E-state index in [9.17, 15) is 14.9 Å². The highest BCUT2D eigenvalue weighted by atomic mass is 16.6. The minimum Gasteiger partial charge on any atom is -0.361 e. The second kappa shape index (κ2) is 7.25. The number of nitro benzene ring substituents is 1. The molecule has 1 aromatic carbocycles. The number of rotatable bonds is 6. The quantitative estimate of drug-likeness (QED) is 0.648. The fourth-order valence-corrected chi connectivity index (χ4v) is 2.71. The first-order valence-electron chi connectivity index (χ1n) is 7.73. The van der Waals surface area contributed by atoms with E-state index in [4.69, 9.17) is 4.52 Å². The zero-order chi connectivity index (χ0) is 17.9. The van der Waals surface area contributed by atoms with Gasteiger partial charge in [0.2, 0.25) is 5.91 Å². The standard InChI is InChI=1S/C17H21N3O4/c1-10(8-15-12(3)19-24-13(15)4)18-17(21)9-14-6-5-7-16(11(14)2)20(22)23/h5-7,10H,8-9H2,1-4H3,(H,18,21)/t10-/m1/s1. The molecule has 1 heterocycles. The lowest BCUT2D eigenvalue weighted by atomic mass is 10.0. The normalized spacial score (nSPS) is 12.0. The Morgan fingerprint density at radius 1 is 1.38 bits per heavy atom. The van der Waals surface area contributed by atoms with E-state index in [0.717, 1.165) is 17.0 Å². The lowest BCUT2D eigenvalue weighted by Crippen LogP contribution is -2.35. The molecule has 0 radical (unpaired) electrons. The molecule has 0 saturated carbocycles. The summed E-state index contributed by atoms with van der Waals surface area (Å²) in [6.07, 6.45) is 0.736. The summed E-state index contributed by atoms with van der Waals surface area (Å²) in [5.41, 5.74) is 3.03. The van der Waals surface area contributed by atoms with Crippen molar-refractivity contribution >= 4 is 11.6 Å². The Morgan fingerprint density at radius 2 is 2.08 bits per heavy atom. The molecule has 2 rings (SSSR count). The molecule has 128 valence electrons. The number of hydrogen-bond acceptors (Lipinski definition) is 5. The molecule has 1 amide bonds. The Morgan fingerprint density at radius 3 is 2.67 bits per heavy atom. The first-order chi connectivity index (χ1) is 11.3. The van der Waals surface area contributed by atoms with Gasteiger partial charge in [-0.15, -0.1) is 0 Å². The van der Waals surface area contributed by atoms with Crippen LogP contribution in [-0.2, 0) is 17.6 Å². The van der Waals surface area contributed by atoms with Crippen LogP contribution in [0.2, 0.25) is 0 Å². The van der Waals surface area contributed by atoms with Crippen LogP contribution in [0.1, 0.15) is 35.1 Å². The van der Waals surface area contributed by atoms with E-state index in [1.165, 1.54) is 6.07 Å². The molecule has 1 aromatic heterocycles. The van der Waals surface area contributed by atoms with Crippen molar-refractivity contribution in [1.82, 2.24) is 10.5 Å². The first kappa shape index (κ1) is 17.7. The molecule has 0 bridgehead atoms. The number of carbonyl (C=O) groups is 1. The molecule has 1 N–H and O–H groups in total. The van der Waals surface area contributed by atoms with E-state index >= 15 is 0 Å². The number of nitrogens with one attached hydrogen (secondary N) is 1. The van der Waals surface area contributed by atoms with Gasteiger partial charge in [0.25, 0.3) is 5.69 Å². The van der Waals surface area contributed by atoms with Crippen molar-refractivity contribution in [2.75, 3.05) is 0 Å². The van der Waals surface area contributed by atoms with Crippen LogP contribution in [0.25, 0.3) is 0 Å². The molecule has 7 nitrogen and oxygen atoms in total. The Hall–Kier alpha value is -2.70. The highest BCUT2D eigenvalue weighted by Gasteiger charge is 2.18. The topological polar surface area (TPSA) is 98.3 Å². The van der Waals surface area contributed by atoms with E-state index in [-0.39, 0.29) is 24.1 Å². The molecule has 0 fully saturated rings. The SMILES string of the molecule is Cc1noc(C)c1C[C@@H](C)NC(=O)Cc1cccc([N+](=O)[O-])c1C. The maximum Gasteiger partial charge on any atom is 0.272 e. The van der Waals surface area contributed by atoms with E-state index in [1.807, 2.05) is 20.8 Å². The molecular weight excluding hydrogens is 310 g/mol. The molecule has 0 aliphatic heterocycles. The van der Waals surface area contributed by atoms with Crippen molar-refractivity contribution in [3.8, 4) is 0 Å². The summed E-state index contributed by atoms with van der Waals surface area (Å²) in [6, 6.07) is 4.69. The number of nitro groups is 1. The summed E-state index contributed by atoms with van der Waals surface area (Å²) < 4.78 is 5.12. The van der Waals surface area contributed by atoms with Crippen LogP contribution in [-0.4, -0.2) is 22.0 Å². The lowest BCUT2D eigenvalue weighted by molar-refractivity contribution is -0.385. The number of amides is 1. The van der Waals surface area contributed by atoms with Gasteiger partial charge in [0.1, 0.15) is 5.76 Å². The van der Waals surface area contributed by atoms with Gasteiger partial charge in [-0.05, 0) is 39.7 Å². The smallest absolute Gasteiger partial charge is 0.272 e. The van der Waals surface area contributed by atoms with Crippen LogP contribution >= 0.6 is 0 Å². The molecule has 0 aliphatic rings. The van der Waals surface area contributed by atoms with Crippen LogP contribution in [0, 0.1) is 30.9 Å². The second-order valence-corrected chi connectivity index (χ2v) is 5.97. The molecule has 7 heteroatoms. The maximum atomic E-state index is 12.2. The summed E-state index contributed by atoms with van der Waals surface area (Å²) in [5, 5.41) is 17.8. The van der Waals surface area contributed by atoms with E-state index in [1.54, 1.807) is 19.1 Å². The van der Waals surface area contributed by atoms with Gasteiger partial charge in [-0.3, -0.25) is 14.9 Å². The third-order valence-electron chi connectivity index (χ3n) is 4.06. The number of nitrogens with zero attached hydrogens (tertiary/aromatic N) is 2. The van der Waals surface area contributed by atoms with Crippen LogP contribution in [0.4, 0.5) is 5.69 Å². The van der Waals surface area contributed by atoms with Gasteiger partial charge in [0.05, 0.1) is 17.0 Å². The molecule has 0 aliphatic carbocycles. The lowest BCUT2D eigenvalue weighted by Gasteiger charge is -2.14. The van der Waals surface area contributed by atoms with Crippen molar-refractivity contribution in [2.45, 2.75) is 46.6 Å². The highest BCUT2D eigenvalue weighted by molar-refractivity contribution is 5.79. The number of benzene rings is 1.